The molecule has 0 heterocycles. The first-order valence-electron chi connectivity index (χ1n) is 15.4. The molecule has 0 aromatic heterocycles. The summed E-state index contributed by atoms with van der Waals surface area (Å²) in [5.74, 6) is -14.1. The minimum absolute atomic E-state index is 0.0460. The molecule has 0 radical (unpaired) electrons. The van der Waals surface area contributed by atoms with Crippen LogP contribution in [0.3, 0.4) is 0 Å². The predicted molar refractivity (Wildman–Crippen MR) is 159 cm³/mol. The number of esters is 1. The molecule has 1 aromatic carbocycles. The predicted octanol–water partition coefficient (Wildman–Crippen LogP) is 3.49. The number of rotatable bonds is 32. The molecule has 0 aliphatic rings. The Morgan fingerprint density at radius 2 is 1.08 bits per heavy atom. The lowest BCUT2D eigenvalue weighted by Gasteiger charge is -2.13. The van der Waals surface area contributed by atoms with Gasteiger partial charge in [0.05, 0.1) is 105 Å². The number of hydrogen-bond acceptors (Lipinski definition) is 12. The largest absolute Gasteiger partial charge is 0.420 e. The lowest BCUT2D eigenvalue weighted by atomic mass is 10.2. The smallest absolute Gasteiger partial charge is 0.313 e. The van der Waals surface area contributed by atoms with E-state index in [9.17, 15) is 26.7 Å². The van der Waals surface area contributed by atoms with Crippen molar-refractivity contribution in [3.63, 3.8) is 0 Å². The topological polar surface area (TPSA) is 161 Å². The maximum absolute atomic E-state index is 13.5. The van der Waals surface area contributed by atoms with Gasteiger partial charge in [0.15, 0.2) is 0 Å². The highest BCUT2D eigenvalue weighted by Gasteiger charge is 2.28. The van der Waals surface area contributed by atoms with E-state index in [2.05, 4.69) is 20.1 Å². The van der Waals surface area contributed by atoms with Gasteiger partial charge in [-0.15, -0.1) is 0 Å². The maximum Gasteiger partial charge on any atom is 0.313 e. The van der Waals surface area contributed by atoms with Crippen molar-refractivity contribution in [3.8, 4) is 5.75 Å². The zero-order valence-corrected chi connectivity index (χ0v) is 27.0. The van der Waals surface area contributed by atoms with Gasteiger partial charge in [-0.1, -0.05) is 5.11 Å². The van der Waals surface area contributed by atoms with Crippen molar-refractivity contribution in [1.29, 1.82) is 0 Å². The van der Waals surface area contributed by atoms with Gasteiger partial charge in [0.1, 0.15) is 0 Å². The number of benzene rings is 1. The lowest BCUT2D eigenvalue weighted by Crippen LogP contribution is -2.25. The van der Waals surface area contributed by atoms with Crippen LogP contribution in [0.2, 0.25) is 0 Å². The van der Waals surface area contributed by atoms with E-state index in [0.29, 0.717) is 98.9 Å². The summed E-state index contributed by atoms with van der Waals surface area (Å²) in [5, 5.41) is 6.54. The molecule has 19 heteroatoms. The quantitative estimate of drug-likeness (QED) is 0.0135. The fraction of sp³-hybridized carbons (Fsp3) is 0.759. The summed E-state index contributed by atoms with van der Waals surface area (Å²) < 4.78 is 114. The number of nitrogens with one attached hydrogen (secondary N) is 1. The standard InChI is InChI=1S/C29H45F5N4O10/c1-22(2-7-40-12-14-44-11-6-37-38-35)47-21-20-46-19-16-43-10-5-36-4-9-42-15-18-45-17-13-41-8-3-23(39)48-29-27(33)25(31)24(30)26(32)28(29)34/h22,36H,2-21H2,1H3. The van der Waals surface area contributed by atoms with Crippen LogP contribution >= 0.6 is 0 Å². The molecule has 1 unspecified atom stereocenters. The second kappa shape index (κ2) is 29.2. The molecule has 0 aliphatic heterocycles. The Morgan fingerprint density at radius 3 is 1.62 bits per heavy atom. The van der Waals surface area contributed by atoms with Crippen molar-refractivity contribution < 1.29 is 69.4 Å². The van der Waals surface area contributed by atoms with E-state index in [4.69, 9.17) is 43.4 Å². The van der Waals surface area contributed by atoms with Gasteiger partial charge >= 0.3 is 5.97 Å². The Morgan fingerprint density at radius 1 is 0.646 bits per heavy atom. The van der Waals surface area contributed by atoms with Crippen LogP contribution in [0, 0.1) is 29.1 Å². The van der Waals surface area contributed by atoms with Crippen molar-refractivity contribution >= 4 is 5.97 Å². The van der Waals surface area contributed by atoms with Crippen LogP contribution in [-0.2, 0) is 42.7 Å². The number of azide groups is 1. The van der Waals surface area contributed by atoms with Crippen LogP contribution < -0.4 is 10.1 Å². The normalized spacial score (nSPS) is 11.9. The highest BCUT2D eigenvalue weighted by molar-refractivity contribution is 5.72. The third kappa shape index (κ3) is 21.3. The van der Waals surface area contributed by atoms with Gasteiger partial charge in [-0.2, -0.15) is 8.78 Å². The monoisotopic (exact) mass is 704 g/mol. The summed E-state index contributed by atoms with van der Waals surface area (Å²) in [5.41, 5.74) is 8.15. The zero-order valence-electron chi connectivity index (χ0n) is 27.0. The van der Waals surface area contributed by atoms with Gasteiger partial charge in [-0.25, -0.2) is 13.2 Å². The molecule has 1 N–H and O–H groups in total. The van der Waals surface area contributed by atoms with Crippen molar-refractivity contribution in [2.45, 2.75) is 25.9 Å². The number of nitrogens with zero attached hydrogens (tertiary/aromatic N) is 3. The second-order valence-corrected chi connectivity index (χ2v) is 9.58. The van der Waals surface area contributed by atoms with E-state index in [1.807, 2.05) is 6.92 Å². The first-order valence-corrected chi connectivity index (χ1v) is 15.4. The van der Waals surface area contributed by atoms with Gasteiger partial charge in [-0.3, -0.25) is 4.79 Å². The third-order valence-electron chi connectivity index (χ3n) is 5.87. The Balaban J connectivity index is 1.80. The fourth-order valence-corrected chi connectivity index (χ4v) is 3.39. The van der Waals surface area contributed by atoms with E-state index < -0.39 is 47.2 Å². The van der Waals surface area contributed by atoms with Gasteiger partial charge in [0.2, 0.25) is 34.8 Å². The molecule has 0 saturated carbocycles. The summed E-state index contributed by atoms with van der Waals surface area (Å²) >= 11 is 0. The zero-order chi connectivity index (χ0) is 35.2. The van der Waals surface area contributed by atoms with Crippen LogP contribution in [0.4, 0.5) is 22.0 Å². The average Bonchev–Trinajstić information content (AvgIpc) is 3.08. The molecule has 0 bridgehead atoms. The average molecular weight is 705 g/mol. The van der Waals surface area contributed by atoms with E-state index in [1.165, 1.54) is 0 Å². The highest BCUT2D eigenvalue weighted by atomic mass is 19.2. The van der Waals surface area contributed by atoms with Crippen LogP contribution in [0.15, 0.2) is 5.11 Å². The molecule has 0 fully saturated rings. The molecular formula is C29H45F5N4O10. The molecule has 48 heavy (non-hydrogen) atoms. The minimum Gasteiger partial charge on any atom is -0.420 e. The number of ether oxygens (including phenoxy) is 9. The van der Waals surface area contributed by atoms with Gasteiger partial charge < -0.3 is 47.9 Å². The molecule has 0 aliphatic carbocycles. The Bertz CT molecular complexity index is 1030. The number of hydrogen-bond donors (Lipinski definition) is 1. The summed E-state index contributed by atoms with van der Waals surface area (Å²) in [4.78, 5) is 14.3. The van der Waals surface area contributed by atoms with Crippen molar-refractivity contribution in [2.75, 3.05) is 119 Å². The van der Waals surface area contributed by atoms with E-state index in [-0.39, 0.29) is 25.9 Å². The van der Waals surface area contributed by atoms with E-state index >= 15 is 0 Å². The molecule has 14 nitrogen and oxygen atoms in total. The van der Waals surface area contributed by atoms with Gasteiger partial charge in [0.25, 0.3) is 0 Å². The third-order valence-corrected chi connectivity index (χ3v) is 5.87. The van der Waals surface area contributed by atoms with Crippen LogP contribution in [0.25, 0.3) is 10.4 Å². The number of halogens is 5. The fourth-order valence-electron chi connectivity index (χ4n) is 3.39. The van der Waals surface area contributed by atoms with Crippen LogP contribution in [0.1, 0.15) is 19.8 Å². The van der Waals surface area contributed by atoms with E-state index in [1.54, 1.807) is 0 Å². The molecule has 0 amide bonds. The molecule has 0 saturated heterocycles. The molecular weight excluding hydrogens is 659 g/mol. The number of carbonyl (C=O) groups excluding carboxylic acids is 1. The summed E-state index contributed by atoms with van der Waals surface area (Å²) in [6, 6.07) is 0. The first kappa shape index (κ1) is 43.3. The van der Waals surface area contributed by atoms with Crippen molar-refractivity contribution in [1.82, 2.24) is 5.32 Å². The van der Waals surface area contributed by atoms with Crippen molar-refractivity contribution in [2.24, 2.45) is 5.11 Å². The molecule has 276 valence electrons. The molecule has 0 spiro atoms. The summed E-state index contributed by atoms with van der Waals surface area (Å²) in [7, 11) is 0. The Kier molecular flexibility index (Phi) is 26.4. The number of carbonyl (C=O) groups is 1. The lowest BCUT2D eigenvalue weighted by molar-refractivity contribution is -0.136. The molecule has 1 atom stereocenters. The SMILES string of the molecule is CC(CCOCCOCCN=[N+]=[N-])OCCOCCOCCNCCOCCOCCOCCC(=O)Oc1c(F)c(F)c(F)c(F)c1F. The Labute approximate surface area is 276 Å². The van der Waals surface area contributed by atoms with Crippen LogP contribution in [-0.4, -0.2) is 131 Å². The highest BCUT2D eigenvalue weighted by Crippen LogP contribution is 2.29. The van der Waals surface area contributed by atoms with Crippen molar-refractivity contribution in [3.05, 3.63) is 39.5 Å². The Hall–Kier alpha value is -2.71. The summed E-state index contributed by atoms with van der Waals surface area (Å²) in [6.07, 6.45) is 0.320. The van der Waals surface area contributed by atoms with Gasteiger partial charge in [-0.05, 0) is 18.9 Å². The first-order chi connectivity index (χ1) is 23.3. The van der Waals surface area contributed by atoms with Gasteiger partial charge in [0, 0.05) is 31.2 Å². The van der Waals surface area contributed by atoms with Crippen LogP contribution in [0.5, 0.6) is 5.75 Å². The second-order valence-electron chi connectivity index (χ2n) is 9.58. The minimum atomic E-state index is -2.35. The molecule has 1 aromatic rings. The van der Waals surface area contributed by atoms with E-state index in [0.717, 1.165) is 6.42 Å². The molecule has 1 rings (SSSR count). The summed E-state index contributed by atoms with van der Waals surface area (Å²) in [6.45, 7) is 8.98. The maximum atomic E-state index is 13.5.